The lowest BCUT2D eigenvalue weighted by molar-refractivity contribution is 1.08. The summed E-state index contributed by atoms with van der Waals surface area (Å²) in [6, 6.07) is 7.95. The Morgan fingerprint density at radius 3 is 2.39 bits per heavy atom. The van der Waals surface area contributed by atoms with Crippen LogP contribution in [0.15, 0.2) is 24.3 Å². The number of rotatable bonds is 2. The van der Waals surface area contributed by atoms with Crippen molar-refractivity contribution >= 4 is 23.3 Å². The molecule has 0 spiro atoms. The zero-order valence-electron chi connectivity index (χ0n) is 10.8. The number of nitrogens with zero attached hydrogens (tertiary/aromatic N) is 3. The van der Waals surface area contributed by atoms with Gasteiger partial charge in [-0.3, -0.25) is 0 Å². The van der Waals surface area contributed by atoms with Gasteiger partial charge in [0.25, 0.3) is 0 Å². The number of hydrogen-bond acceptors (Lipinski definition) is 5. The van der Waals surface area contributed by atoms with Crippen LogP contribution in [0.3, 0.4) is 0 Å². The van der Waals surface area contributed by atoms with Crippen molar-refractivity contribution in [3.63, 3.8) is 0 Å². The summed E-state index contributed by atoms with van der Waals surface area (Å²) in [5.74, 6) is 1.24. The number of benzene rings is 1. The number of nitrogens with two attached hydrogens (primary N) is 2. The summed E-state index contributed by atoms with van der Waals surface area (Å²) >= 11 is 0. The van der Waals surface area contributed by atoms with Crippen LogP contribution >= 0.6 is 0 Å². The van der Waals surface area contributed by atoms with Gasteiger partial charge in [0, 0.05) is 18.8 Å². The van der Waals surface area contributed by atoms with Gasteiger partial charge in [-0.05, 0) is 25.5 Å². The molecule has 0 fully saturated rings. The third kappa shape index (κ3) is 2.34. The lowest BCUT2D eigenvalue weighted by Crippen LogP contribution is -2.14. The van der Waals surface area contributed by atoms with Gasteiger partial charge in [0.05, 0.1) is 0 Å². The van der Waals surface area contributed by atoms with Crippen LogP contribution in [0.1, 0.15) is 11.1 Å². The third-order valence-electron chi connectivity index (χ3n) is 2.81. The first kappa shape index (κ1) is 12.2. The molecule has 2 rings (SSSR count). The standard InChI is InChI=1S/C13H17N5/c1-8-4-5-10(9(2)6-8)18(3)12-7-11(14)16-13(15)17-12/h4-7H,1-3H3,(H4,14,15,16,17). The topological polar surface area (TPSA) is 81.1 Å². The van der Waals surface area contributed by atoms with Crippen molar-refractivity contribution in [1.29, 1.82) is 0 Å². The Balaban J connectivity index is 2.44. The number of aryl methyl sites for hydroxylation is 2. The molecular formula is C13H17N5. The number of anilines is 4. The summed E-state index contributed by atoms with van der Waals surface area (Å²) in [5, 5.41) is 0. The lowest BCUT2D eigenvalue weighted by atomic mass is 10.1. The van der Waals surface area contributed by atoms with E-state index in [-0.39, 0.29) is 5.95 Å². The third-order valence-corrected chi connectivity index (χ3v) is 2.81. The maximum atomic E-state index is 5.68. The highest BCUT2D eigenvalue weighted by atomic mass is 15.2. The molecule has 94 valence electrons. The summed E-state index contributed by atoms with van der Waals surface area (Å²) in [5.41, 5.74) is 14.8. The van der Waals surface area contributed by atoms with E-state index in [0.717, 1.165) is 5.69 Å². The lowest BCUT2D eigenvalue weighted by Gasteiger charge is -2.21. The predicted molar refractivity (Wildman–Crippen MR) is 74.8 cm³/mol. The van der Waals surface area contributed by atoms with Crippen molar-refractivity contribution in [3.8, 4) is 0 Å². The molecule has 1 aromatic heterocycles. The zero-order valence-corrected chi connectivity index (χ0v) is 10.8. The second-order valence-corrected chi connectivity index (χ2v) is 4.36. The summed E-state index contributed by atoms with van der Waals surface area (Å²) < 4.78 is 0. The Bertz CT molecular complexity index is 559. The highest BCUT2D eigenvalue weighted by molar-refractivity contribution is 5.65. The molecule has 0 atom stereocenters. The summed E-state index contributed by atoms with van der Waals surface area (Å²) in [6.07, 6.45) is 0. The van der Waals surface area contributed by atoms with E-state index in [1.54, 1.807) is 6.07 Å². The van der Waals surface area contributed by atoms with E-state index in [4.69, 9.17) is 11.5 Å². The maximum absolute atomic E-state index is 5.68. The van der Waals surface area contributed by atoms with Gasteiger partial charge in [-0.15, -0.1) is 0 Å². The average molecular weight is 243 g/mol. The Labute approximate surface area is 106 Å². The molecule has 0 saturated heterocycles. The van der Waals surface area contributed by atoms with E-state index >= 15 is 0 Å². The van der Waals surface area contributed by atoms with Gasteiger partial charge in [-0.25, -0.2) is 0 Å². The van der Waals surface area contributed by atoms with Crippen LogP contribution in [0.4, 0.5) is 23.3 Å². The molecule has 5 nitrogen and oxygen atoms in total. The fourth-order valence-electron chi connectivity index (χ4n) is 1.95. The van der Waals surface area contributed by atoms with E-state index in [0.29, 0.717) is 11.6 Å². The number of hydrogen-bond donors (Lipinski definition) is 2. The smallest absolute Gasteiger partial charge is 0.223 e. The van der Waals surface area contributed by atoms with Crippen LogP contribution in [0.25, 0.3) is 0 Å². The molecule has 2 aromatic rings. The van der Waals surface area contributed by atoms with Crippen LogP contribution in [-0.2, 0) is 0 Å². The second-order valence-electron chi connectivity index (χ2n) is 4.36. The molecule has 0 aliphatic rings. The number of nitrogen functional groups attached to an aromatic ring is 2. The van der Waals surface area contributed by atoms with Crippen molar-refractivity contribution in [1.82, 2.24) is 9.97 Å². The molecule has 4 N–H and O–H groups in total. The molecule has 0 radical (unpaired) electrons. The highest BCUT2D eigenvalue weighted by Gasteiger charge is 2.10. The van der Waals surface area contributed by atoms with Gasteiger partial charge < -0.3 is 16.4 Å². The van der Waals surface area contributed by atoms with Crippen LogP contribution < -0.4 is 16.4 Å². The Morgan fingerprint density at radius 1 is 1.06 bits per heavy atom. The predicted octanol–water partition coefficient (Wildman–Crippen LogP) is 2.03. The first-order valence-electron chi connectivity index (χ1n) is 5.68. The Morgan fingerprint density at radius 2 is 1.78 bits per heavy atom. The van der Waals surface area contributed by atoms with E-state index in [1.807, 2.05) is 11.9 Å². The minimum absolute atomic E-state index is 0.182. The molecule has 0 unspecified atom stereocenters. The molecule has 0 aliphatic heterocycles. The fraction of sp³-hybridized carbons (Fsp3) is 0.231. The molecule has 0 aliphatic carbocycles. The zero-order chi connectivity index (χ0) is 13.3. The van der Waals surface area contributed by atoms with Crippen LogP contribution in [-0.4, -0.2) is 17.0 Å². The van der Waals surface area contributed by atoms with E-state index in [2.05, 4.69) is 42.0 Å². The summed E-state index contributed by atoms with van der Waals surface area (Å²) in [6.45, 7) is 4.13. The average Bonchev–Trinajstić information content (AvgIpc) is 2.26. The minimum Gasteiger partial charge on any atom is -0.383 e. The molecule has 1 heterocycles. The molecule has 1 aromatic carbocycles. The van der Waals surface area contributed by atoms with Crippen LogP contribution in [0, 0.1) is 13.8 Å². The Kier molecular flexibility index (Phi) is 3.06. The van der Waals surface area contributed by atoms with Gasteiger partial charge in [-0.2, -0.15) is 9.97 Å². The van der Waals surface area contributed by atoms with Gasteiger partial charge in [0.2, 0.25) is 5.95 Å². The van der Waals surface area contributed by atoms with Gasteiger partial charge in [0.15, 0.2) is 0 Å². The first-order chi connectivity index (χ1) is 8.47. The van der Waals surface area contributed by atoms with Crippen LogP contribution in [0.2, 0.25) is 0 Å². The molecule has 18 heavy (non-hydrogen) atoms. The SMILES string of the molecule is Cc1ccc(N(C)c2cc(N)nc(N)n2)c(C)c1. The van der Waals surface area contributed by atoms with E-state index in [1.165, 1.54) is 11.1 Å². The molecular weight excluding hydrogens is 226 g/mol. The highest BCUT2D eigenvalue weighted by Crippen LogP contribution is 2.27. The van der Waals surface area contributed by atoms with Crippen molar-refractivity contribution in [2.75, 3.05) is 23.4 Å². The normalized spacial score (nSPS) is 10.4. The Hall–Kier alpha value is -2.30. The minimum atomic E-state index is 0.182. The van der Waals surface area contributed by atoms with Crippen molar-refractivity contribution in [2.24, 2.45) is 0 Å². The van der Waals surface area contributed by atoms with Crippen molar-refractivity contribution in [2.45, 2.75) is 13.8 Å². The van der Waals surface area contributed by atoms with Crippen LogP contribution in [0.5, 0.6) is 0 Å². The summed E-state index contributed by atoms with van der Waals surface area (Å²) in [7, 11) is 1.93. The van der Waals surface area contributed by atoms with Gasteiger partial charge in [-0.1, -0.05) is 17.7 Å². The maximum Gasteiger partial charge on any atom is 0.223 e. The van der Waals surface area contributed by atoms with Crippen molar-refractivity contribution in [3.05, 3.63) is 35.4 Å². The molecule has 0 saturated carbocycles. The van der Waals surface area contributed by atoms with E-state index in [9.17, 15) is 0 Å². The van der Waals surface area contributed by atoms with Gasteiger partial charge in [0.1, 0.15) is 11.6 Å². The van der Waals surface area contributed by atoms with Gasteiger partial charge >= 0.3 is 0 Å². The quantitative estimate of drug-likeness (QED) is 0.843. The fourth-order valence-corrected chi connectivity index (χ4v) is 1.95. The van der Waals surface area contributed by atoms with E-state index < -0.39 is 0 Å². The largest absolute Gasteiger partial charge is 0.383 e. The first-order valence-corrected chi connectivity index (χ1v) is 5.68. The molecule has 0 amide bonds. The monoisotopic (exact) mass is 243 g/mol. The summed E-state index contributed by atoms with van der Waals surface area (Å²) in [4.78, 5) is 10.00. The second kappa shape index (κ2) is 4.52. The molecule has 0 bridgehead atoms. The molecule has 5 heteroatoms. The van der Waals surface area contributed by atoms with Crippen molar-refractivity contribution < 1.29 is 0 Å². The number of aromatic nitrogens is 2.